The van der Waals surface area contributed by atoms with Crippen LogP contribution in [0.1, 0.15) is 37.1 Å². The molecule has 2 heterocycles. The molecular weight excluding hydrogens is 354 g/mol. The third-order valence-corrected chi connectivity index (χ3v) is 5.49. The Bertz CT molecular complexity index is 940. The van der Waals surface area contributed by atoms with E-state index in [0.717, 1.165) is 28.4 Å². The standard InChI is InChI=1S/C22H25N3O3/c1-15-3-4-16(14-23-15)20-13-21(22(27)11-9-18(26)10-12-22)24-25(20)17-5-7-19(28-2)8-6-17/h3-8,13-14,18,26-27H,9-12H2,1-2H3. The average Bonchev–Trinajstić information content (AvgIpc) is 3.17. The number of hydrogen-bond acceptors (Lipinski definition) is 5. The Morgan fingerprint density at radius 3 is 2.43 bits per heavy atom. The molecule has 1 fully saturated rings. The summed E-state index contributed by atoms with van der Waals surface area (Å²) < 4.78 is 7.09. The van der Waals surface area contributed by atoms with Crippen LogP contribution in [0.5, 0.6) is 5.75 Å². The first-order chi connectivity index (χ1) is 13.5. The predicted molar refractivity (Wildman–Crippen MR) is 106 cm³/mol. The van der Waals surface area contributed by atoms with Crippen LogP contribution >= 0.6 is 0 Å². The molecule has 0 spiro atoms. The first-order valence-corrected chi connectivity index (χ1v) is 9.57. The van der Waals surface area contributed by atoms with Gasteiger partial charge in [0.1, 0.15) is 11.4 Å². The van der Waals surface area contributed by atoms with Crippen molar-refractivity contribution in [3.8, 4) is 22.7 Å². The molecule has 2 N–H and O–H groups in total. The van der Waals surface area contributed by atoms with Gasteiger partial charge in [-0.25, -0.2) is 4.68 Å². The maximum absolute atomic E-state index is 11.2. The molecule has 2 aromatic heterocycles. The highest BCUT2D eigenvalue weighted by molar-refractivity contribution is 5.62. The van der Waals surface area contributed by atoms with Gasteiger partial charge in [-0.05, 0) is 75.1 Å². The number of methoxy groups -OCH3 is 1. The van der Waals surface area contributed by atoms with E-state index < -0.39 is 5.60 Å². The molecule has 0 bridgehead atoms. The molecule has 0 aliphatic heterocycles. The summed E-state index contributed by atoms with van der Waals surface area (Å²) in [4.78, 5) is 4.41. The molecule has 1 aromatic carbocycles. The van der Waals surface area contributed by atoms with Crippen LogP contribution in [0.25, 0.3) is 16.9 Å². The van der Waals surface area contributed by atoms with Gasteiger partial charge in [-0.3, -0.25) is 4.98 Å². The predicted octanol–water partition coefficient (Wildman–Crippen LogP) is 3.37. The van der Waals surface area contributed by atoms with E-state index in [9.17, 15) is 10.2 Å². The smallest absolute Gasteiger partial charge is 0.119 e. The minimum absolute atomic E-state index is 0.343. The number of aliphatic hydroxyl groups excluding tert-OH is 1. The van der Waals surface area contributed by atoms with E-state index in [0.29, 0.717) is 31.4 Å². The number of aromatic nitrogens is 3. The van der Waals surface area contributed by atoms with E-state index in [4.69, 9.17) is 9.84 Å². The molecule has 0 unspecified atom stereocenters. The quantitative estimate of drug-likeness (QED) is 0.726. The fourth-order valence-electron chi connectivity index (χ4n) is 3.69. The summed E-state index contributed by atoms with van der Waals surface area (Å²) >= 11 is 0. The van der Waals surface area contributed by atoms with E-state index in [1.165, 1.54) is 0 Å². The molecule has 1 aliphatic carbocycles. The highest BCUT2D eigenvalue weighted by Crippen LogP contribution is 2.38. The van der Waals surface area contributed by atoms with Crippen molar-refractivity contribution in [2.45, 2.75) is 44.3 Å². The molecule has 0 amide bonds. The summed E-state index contributed by atoms with van der Waals surface area (Å²) in [6, 6.07) is 13.6. The van der Waals surface area contributed by atoms with Crippen molar-refractivity contribution >= 4 is 0 Å². The molecule has 146 valence electrons. The Labute approximate surface area is 164 Å². The molecule has 6 heteroatoms. The molecule has 0 atom stereocenters. The van der Waals surface area contributed by atoms with Crippen LogP contribution in [0.3, 0.4) is 0 Å². The SMILES string of the molecule is COc1ccc(-n2nc(C3(O)CCC(O)CC3)cc2-c2ccc(C)nc2)cc1. The van der Waals surface area contributed by atoms with Crippen molar-refractivity contribution in [3.05, 3.63) is 60.0 Å². The summed E-state index contributed by atoms with van der Waals surface area (Å²) in [6.07, 6.45) is 3.63. The molecule has 3 aromatic rings. The second-order valence-corrected chi connectivity index (χ2v) is 7.48. The van der Waals surface area contributed by atoms with E-state index in [1.54, 1.807) is 7.11 Å². The van der Waals surface area contributed by atoms with Crippen LogP contribution in [0.2, 0.25) is 0 Å². The highest BCUT2D eigenvalue weighted by atomic mass is 16.5. The van der Waals surface area contributed by atoms with Crippen molar-refractivity contribution < 1.29 is 14.9 Å². The van der Waals surface area contributed by atoms with Gasteiger partial charge < -0.3 is 14.9 Å². The van der Waals surface area contributed by atoms with Gasteiger partial charge >= 0.3 is 0 Å². The Balaban J connectivity index is 1.80. The molecule has 0 radical (unpaired) electrons. The molecule has 4 rings (SSSR count). The third kappa shape index (κ3) is 3.53. The van der Waals surface area contributed by atoms with Crippen molar-refractivity contribution in [2.75, 3.05) is 7.11 Å². The van der Waals surface area contributed by atoms with Crippen molar-refractivity contribution in [1.82, 2.24) is 14.8 Å². The van der Waals surface area contributed by atoms with Gasteiger partial charge in [-0.2, -0.15) is 5.10 Å². The summed E-state index contributed by atoms with van der Waals surface area (Å²) in [5.74, 6) is 0.773. The Kier molecular flexibility index (Phi) is 4.91. The Morgan fingerprint density at radius 1 is 1.11 bits per heavy atom. The first kappa shape index (κ1) is 18.7. The minimum atomic E-state index is -1.02. The molecular formula is C22H25N3O3. The second kappa shape index (κ2) is 7.37. The van der Waals surface area contributed by atoms with E-state index in [2.05, 4.69) is 4.98 Å². The summed E-state index contributed by atoms with van der Waals surface area (Å²) in [7, 11) is 1.64. The third-order valence-electron chi connectivity index (χ3n) is 5.49. The molecule has 6 nitrogen and oxygen atoms in total. The van der Waals surface area contributed by atoms with Gasteiger partial charge in [0.15, 0.2) is 0 Å². The van der Waals surface area contributed by atoms with Crippen LogP contribution < -0.4 is 4.74 Å². The van der Waals surface area contributed by atoms with E-state index >= 15 is 0 Å². The van der Waals surface area contributed by atoms with Crippen LogP contribution in [-0.4, -0.2) is 38.2 Å². The monoisotopic (exact) mass is 379 g/mol. The largest absolute Gasteiger partial charge is 0.497 e. The lowest BCUT2D eigenvalue weighted by Gasteiger charge is -2.32. The zero-order valence-electron chi connectivity index (χ0n) is 16.2. The number of rotatable bonds is 4. The lowest BCUT2D eigenvalue weighted by atomic mass is 9.81. The molecule has 0 saturated heterocycles. The lowest BCUT2D eigenvalue weighted by Crippen LogP contribution is -2.33. The van der Waals surface area contributed by atoms with Crippen LogP contribution in [0, 0.1) is 6.92 Å². The molecule has 28 heavy (non-hydrogen) atoms. The zero-order chi connectivity index (χ0) is 19.7. The first-order valence-electron chi connectivity index (χ1n) is 9.57. The van der Waals surface area contributed by atoms with E-state index in [-0.39, 0.29) is 6.10 Å². The van der Waals surface area contributed by atoms with Gasteiger partial charge in [0.05, 0.1) is 30.3 Å². The number of hydrogen-bond donors (Lipinski definition) is 2. The van der Waals surface area contributed by atoms with Gasteiger partial charge in [-0.1, -0.05) is 0 Å². The highest BCUT2D eigenvalue weighted by Gasteiger charge is 2.37. The van der Waals surface area contributed by atoms with Crippen LogP contribution in [0.4, 0.5) is 0 Å². The van der Waals surface area contributed by atoms with E-state index in [1.807, 2.05) is 60.3 Å². The Morgan fingerprint density at radius 2 is 1.82 bits per heavy atom. The summed E-state index contributed by atoms with van der Waals surface area (Å²) in [6.45, 7) is 1.95. The van der Waals surface area contributed by atoms with Crippen molar-refractivity contribution in [3.63, 3.8) is 0 Å². The second-order valence-electron chi connectivity index (χ2n) is 7.48. The van der Waals surface area contributed by atoms with Gasteiger partial charge in [0, 0.05) is 17.5 Å². The number of ether oxygens (including phenoxy) is 1. The molecule has 1 saturated carbocycles. The maximum Gasteiger partial charge on any atom is 0.119 e. The normalized spacial score (nSPS) is 22.2. The minimum Gasteiger partial charge on any atom is -0.497 e. The van der Waals surface area contributed by atoms with Gasteiger partial charge in [-0.15, -0.1) is 0 Å². The average molecular weight is 379 g/mol. The number of nitrogens with zero attached hydrogens (tertiary/aromatic N) is 3. The number of aryl methyl sites for hydroxylation is 1. The van der Waals surface area contributed by atoms with Gasteiger partial charge in [0.2, 0.25) is 0 Å². The van der Waals surface area contributed by atoms with Crippen molar-refractivity contribution in [2.24, 2.45) is 0 Å². The summed E-state index contributed by atoms with van der Waals surface area (Å²) in [5, 5.41) is 25.8. The fourth-order valence-corrected chi connectivity index (χ4v) is 3.69. The van der Waals surface area contributed by atoms with Gasteiger partial charge in [0.25, 0.3) is 0 Å². The topological polar surface area (TPSA) is 80.4 Å². The zero-order valence-corrected chi connectivity index (χ0v) is 16.2. The number of pyridine rings is 1. The van der Waals surface area contributed by atoms with Crippen LogP contribution in [0.15, 0.2) is 48.7 Å². The molecule has 1 aliphatic rings. The van der Waals surface area contributed by atoms with Crippen LogP contribution in [-0.2, 0) is 5.60 Å². The number of benzene rings is 1. The maximum atomic E-state index is 11.2. The number of aliphatic hydroxyl groups is 2. The summed E-state index contributed by atoms with van der Waals surface area (Å²) in [5.41, 5.74) is 3.23. The van der Waals surface area contributed by atoms with Crippen molar-refractivity contribution in [1.29, 1.82) is 0 Å². The fraction of sp³-hybridized carbons (Fsp3) is 0.364. The lowest BCUT2D eigenvalue weighted by molar-refractivity contribution is -0.0393. The Hall–Kier alpha value is -2.70.